The highest BCUT2D eigenvalue weighted by atomic mass is 16.1. The van der Waals surface area contributed by atoms with Crippen molar-refractivity contribution in [1.82, 2.24) is 20.0 Å². The first-order valence-corrected chi connectivity index (χ1v) is 9.16. The molecule has 0 atom stereocenters. The van der Waals surface area contributed by atoms with Gasteiger partial charge in [0.15, 0.2) is 5.65 Å². The van der Waals surface area contributed by atoms with E-state index in [2.05, 4.69) is 27.0 Å². The number of fused-ring (bicyclic) bond motifs is 2. The molecule has 0 aliphatic carbocycles. The van der Waals surface area contributed by atoms with E-state index in [0.29, 0.717) is 28.7 Å². The molecular weight excluding hydrogens is 364 g/mol. The van der Waals surface area contributed by atoms with E-state index in [1.54, 1.807) is 12.3 Å². The van der Waals surface area contributed by atoms with Crippen LogP contribution in [0.3, 0.4) is 0 Å². The van der Waals surface area contributed by atoms with Gasteiger partial charge in [-0.05, 0) is 30.2 Å². The van der Waals surface area contributed by atoms with Gasteiger partial charge in [-0.2, -0.15) is 9.78 Å². The van der Waals surface area contributed by atoms with Crippen LogP contribution >= 0.6 is 0 Å². The monoisotopic (exact) mass is 384 g/mol. The minimum Gasteiger partial charge on any atom is -0.383 e. The largest absolute Gasteiger partial charge is 0.383 e. The van der Waals surface area contributed by atoms with Gasteiger partial charge in [-0.3, -0.25) is 4.79 Å². The van der Waals surface area contributed by atoms with Gasteiger partial charge in [-0.15, -0.1) is 6.58 Å². The maximum atomic E-state index is 12.7. The molecule has 29 heavy (non-hydrogen) atoms. The number of nitrogens with one attached hydrogen (secondary N) is 1. The van der Waals surface area contributed by atoms with Crippen molar-refractivity contribution < 1.29 is 4.79 Å². The van der Waals surface area contributed by atoms with Crippen molar-refractivity contribution in [3.8, 4) is 0 Å². The normalized spacial score (nSPS) is 11.3. The predicted molar refractivity (Wildman–Crippen MR) is 116 cm³/mol. The van der Waals surface area contributed by atoms with Crippen LogP contribution in [0.1, 0.15) is 21.5 Å². The topological polar surface area (TPSA) is 98.2 Å². The number of hydrogen-bond acceptors (Lipinski definition) is 5. The van der Waals surface area contributed by atoms with Gasteiger partial charge in [0.2, 0.25) is 0 Å². The first-order chi connectivity index (χ1) is 14.1. The molecule has 0 aliphatic rings. The number of anilines is 1. The minimum atomic E-state index is -0.346. The highest BCUT2D eigenvalue weighted by Crippen LogP contribution is 2.27. The van der Waals surface area contributed by atoms with Gasteiger partial charge >= 0.3 is 0 Å². The Morgan fingerprint density at radius 1 is 1.17 bits per heavy atom. The lowest BCUT2D eigenvalue weighted by molar-refractivity contribution is 0.0960. The number of aromatic nitrogens is 3. The van der Waals surface area contributed by atoms with Crippen molar-refractivity contribution in [2.75, 3.05) is 12.3 Å². The standard InChI is InChI=1S/C22H20N6O/c1-3-12-24-22(29)18-19-21(27-17-11-7-6-10-16(17)26-19)28(20(18)23)25-13-15-9-5-4-8-14(15)2/h3-11,13H,1,12,23H2,2H3,(H,24,29)/b25-13+. The second-order valence-corrected chi connectivity index (χ2v) is 6.56. The Hall–Kier alpha value is -4.00. The van der Waals surface area contributed by atoms with Gasteiger partial charge in [-0.1, -0.05) is 42.5 Å². The lowest BCUT2D eigenvalue weighted by atomic mass is 10.1. The van der Waals surface area contributed by atoms with E-state index in [9.17, 15) is 4.79 Å². The van der Waals surface area contributed by atoms with Crippen LogP contribution in [-0.2, 0) is 0 Å². The second kappa shape index (κ2) is 7.55. The van der Waals surface area contributed by atoms with Gasteiger partial charge in [-0.25, -0.2) is 9.97 Å². The smallest absolute Gasteiger partial charge is 0.257 e. The lowest BCUT2D eigenvalue weighted by Crippen LogP contribution is -2.24. The zero-order chi connectivity index (χ0) is 20.4. The molecule has 0 radical (unpaired) electrons. The highest BCUT2D eigenvalue weighted by Gasteiger charge is 2.23. The van der Waals surface area contributed by atoms with Crippen LogP contribution < -0.4 is 11.1 Å². The van der Waals surface area contributed by atoms with Crippen LogP contribution in [0.25, 0.3) is 22.2 Å². The maximum Gasteiger partial charge on any atom is 0.257 e. The van der Waals surface area contributed by atoms with E-state index in [1.165, 1.54) is 4.68 Å². The SMILES string of the molecule is C=CCNC(=O)c1c(N)n(/N=C/c2ccccc2C)c2nc3ccccc3nc12. The van der Waals surface area contributed by atoms with Crippen molar-refractivity contribution in [3.63, 3.8) is 0 Å². The molecule has 0 saturated heterocycles. The summed E-state index contributed by atoms with van der Waals surface area (Å²) in [6, 6.07) is 15.3. The molecule has 2 aromatic heterocycles. The molecule has 1 amide bonds. The number of nitrogens with zero attached hydrogens (tertiary/aromatic N) is 4. The minimum absolute atomic E-state index is 0.182. The summed E-state index contributed by atoms with van der Waals surface area (Å²) in [7, 11) is 0. The zero-order valence-electron chi connectivity index (χ0n) is 16.0. The molecule has 0 saturated carbocycles. The third kappa shape index (κ3) is 3.34. The first kappa shape index (κ1) is 18.4. The Kier molecular flexibility index (Phi) is 4.78. The average Bonchev–Trinajstić information content (AvgIpc) is 3.00. The van der Waals surface area contributed by atoms with E-state index in [0.717, 1.165) is 11.1 Å². The molecule has 0 aliphatic heterocycles. The Morgan fingerprint density at radius 2 is 1.86 bits per heavy atom. The summed E-state index contributed by atoms with van der Waals surface area (Å²) in [5.41, 5.74) is 10.8. The summed E-state index contributed by atoms with van der Waals surface area (Å²) in [5.74, 6) is -0.163. The van der Waals surface area contributed by atoms with Gasteiger partial charge in [0.25, 0.3) is 5.91 Å². The predicted octanol–water partition coefficient (Wildman–Crippen LogP) is 3.27. The molecule has 0 unspecified atom stereocenters. The first-order valence-electron chi connectivity index (χ1n) is 9.16. The van der Waals surface area contributed by atoms with Gasteiger partial charge in [0.05, 0.1) is 17.2 Å². The fraction of sp³-hybridized carbons (Fsp3) is 0.0909. The summed E-state index contributed by atoms with van der Waals surface area (Å²) in [4.78, 5) is 22.0. The van der Waals surface area contributed by atoms with Crippen molar-refractivity contribution >= 4 is 40.1 Å². The molecule has 2 heterocycles. The molecule has 0 spiro atoms. The maximum absolute atomic E-state index is 12.7. The van der Waals surface area contributed by atoms with E-state index >= 15 is 0 Å². The molecule has 7 heteroatoms. The average molecular weight is 384 g/mol. The van der Waals surface area contributed by atoms with Crippen LogP contribution in [0.2, 0.25) is 0 Å². The molecular formula is C22H20N6O. The van der Waals surface area contributed by atoms with Crippen molar-refractivity contribution in [1.29, 1.82) is 0 Å². The molecule has 4 aromatic rings. The molecule has 0 bridgehead atoms. The quantitative estimate of drug-likeness (QED) is 0.407. The van der Waals surface area contributed by atoms with E-state index < -0.39 is 0 Å². The van der Waals surface area contributed by atoms with E-state index in [-0.39, 0.29) is 17.3 Å². The van der Waals surface area contributed by atoms with Crippen LogP contribution in [0.4, 0.5) is 5.82 Å². The summed E-state index contributed by atoms with van der Waals surface area (Å²) in [5, 5.41) is 7.28. The number of carbonyl (C=O) groups is 1. The summed E-state index contributed by atoms with van der Waals surface area (Å²) in [6.45, 7) is 5.94. The van der Waals surface area contributed by atoms with E-state index in [4.69, 9.17) is 5.73 Å². The number of nitrogens with two attached hydrogens (primary N) is 1. The molecule has 2 aromatic carbocycles. The molecule has 0 fully saturated rings. The lowest BCUT2D eigenvalue weighted by Gasteiger charge is -2.03. The number of amides is 1. The van der Waals surface area contributed by atoms with Gasteiger partial charge < -0.3 is 11.1 Å². The molecule has 7 nitrogen and oxygen atoms in total. The van der Waals surface area contributed by atoms with Crippen LogP contribution in [0, 0.1) is 6.92 Å². The Balaban J connectivity index is 1.94. The number of hydrogen-bond donors (Lipinski definition) is 2. The summed E-state index contributed by atoms with van der Waals surface area (Å²) >= 11 is 0. The molecule has 144 valence electrons. The fourth-order valence-electron chi connectivity index (χ4n) is 3.09. The zero-order valence-corrected chi connectivity index (χ0v) is 16.0. The second-order valence-electron chi connectivity index (χ2n) is 6.56. The van der Waals surface area contributed by atoms with Crippen molar-refractivity contribution in [2.45, 2.75) is 6.92 Å². The van der Waals surface area contributed by atoms with Crippen molar-refractivity contribution in [3.05, 3.63) is 77.9 Å². The van der Waals surface area contributed by atoms with Crippen LogP contribution in [0.15, 0.2) is 66.3 Å². The number of rotatable bonds is 5. The number of para-hydroxylation sites is 2. The molecule has 3 N–H and O–H groups in total. The van der Waals surface area contributed by atoms with Gasteiger partial charge in [0, 0.05) is 6.54 Å². The third-order valence-electron chi connectivity index (χ3n) is 4.61. The van der Waals surface area contributed by atoms with Crippen LogP contribution in [-0.4, -0.2) is 33.3 Å². The summed E-state index contributed by atoms with van der Waals surface area (Å²) < 4.78 is 1.46. The third-order valence-corrected chi connectivity index (χ3v) is 4.61. The number of benzene rings is 2. The fourth-order valence-corrected chi connectivity index (χ4v) is 3.09. The Labute approximate surface area is 167 Å². The van der Waals surface area contributed by atoms with Gasteiger partial charge in [0.1, 0.15) is 16.9 Å². The number of nitrogen functional groups attached to an aromatic ring is 1. The van der Waals surface area contributed by atoms with Crippen LogP contribution in [0.5, 0.6) is 0 Å². The summed E-state index contributed by atoms with van der Waals surface area (Å²) in [6.07, 6.45) is 3.30. The van der Waals surface area contributed by atoms with E-state index in [1.807, 2.05) is 55.5 Å². The number of carbonyl (C=O) groups excluding carboxylic acids is 1. The highest BCUT2D eigenvalue weighted by molar-refractivity contribution is 6.10. The molecule has 4 rings (SSSR count). The Bertz CT molecular complexity index is 1270. The number of aryl methyl sites for hydroxylation is 1. The van der Waals surface area contributed by atoms with Crippen molar-refractivity contribution in [2.24, 2.45) is 5.10 Å². The Morgan fingerprint density at radius 3 is 2.59 bits per heavy atom.